The molecule has 0 bridgehead atoms. The third-order valence-electron chi connectivity index (χ3n) is 3.03. The van der Waals surface area contributed by atoms with Gasteiger partial charge in [0, 0.05) is 12.7 Å². The summed E-state index contributed by atoms with van der Waals surface area (Å²) in [5.74, 6) is 0.626. The van der Waals surface area contributed by atoms with Crippen molar-refractivity contribution in [1.29, 1.82) is 0 Å². The fourth-order valence-corrected chi connectivity index (χ4v) is 2.29. The second-order valence-electron chi connectivity index (χ2n) is 4.49. The zero-order valence-electron chi connectivity index (χ0n) is 8.16. The number of hydrogen-bond donors (Lipinski definition) is 1. The Balaban J connectivity index is 2.04. The van der Waals surface area contributed by atoms with Crippen molar-refractivity contribution >= 4 is 5.82 Å². The highest BCUT2D eigenvalue weighted by Gasteiger charge is 2.28. The van der Waals surface area contributed by atoms with Crippen LogP contribution in [-0.4, -0.2) is 9.55 Å². The van der Waals surface area contributed by atoms with Crippen LogP contribution in [0.15, 0.2) is 12.5 Å². The van der Waals surface area contributed by atoms with Crippen LogP contribution >= 0.6 is 0 Å². The zero-order valence-corrected chi connectivity index (χ0v) is 8.16. The van der Waals surface area contributed by atoms with E-state index in [4.69, 9.17) is 5.73 Å². The molecule has 0 aliphatic heterocycles. The Labute approximate surface area is 79.0 Å². The van der Waals surface area contributed by atoms with E-state index in [9.17, 15) is 0 Å². The third kappa shape index (κ3) is 1.85. The quantitative estimate of drug-likeness (QED) is 0.755. The molecule has 0 radical (unpaired) electrons. The number of aromatic nitrogens is 2. The molecule has 1 aliphatic carbocycles. The van der Waals surface area contributed by atoms with Crippen molar-refractivity contribution < 1.29 is 0 Å². The van der Waals surface area contributed by atoms with Crippen molar-refractivity contribution in [3.63, 3.8) is 0 Å². The van der Waals surface area contributed by atoms with Crippen LogP contribution in [0.5, 0.6) is 0 Å². The van der Waals surface area contributed by atoms with Crippen LogP contribution in [-0.2, 0) is 6.54 Å². The molecule has 1 fully saturated rings. The van der Waals surface area contributed by atoms with E-state index in [2.05, 4.69) is 16.5 Å². The summed E-state index contributed by atoms with van der Waals surface area (Å²) >= 11 is 0. The van der Waals surface area contributed by atoms with Gasteiger partial charge in [-0.1, -0.05) is 19.8 Å². The van der Waals surface area contributed by atoms with Crippen molar-refractivity contribution in [1.82, 2.24) is 9.55 Å². The largest absolute Gasteiger partial charge is 0.382 e. The molecule has 3 nitrogen and oxygen atoms in total. The Hall–Kier alpha value is -0.990. The topological polar surface area (TPSA) is 43.8 Å². The van der Waals surface area contributed by atoms with Gasteiger partial charge in [0.2, 0.25) is 0 Å². The first-order valence-corrected chi connectivity index (χ1v) is 4.95. The van der Waals surface area contributed by atoms with Crippen LogP contribution in [0.4, 0.5) is 5.82 Å². The van der Waals surface area contributed by atoms with E-state index in [1.54, 1.807) is 0 Å². The van der Waals surface area contributed by atoms with Crippen molar-refractivity contribution in [3.05, 3.63) is 12.5 Å². The zero-order chi connectivity index (χ0) is 9.31. The highest BCUT2D eigenvalue weighted by molar-refractivity contribution is 5.22. The number of imidazole rings is 1. The molecule has 0 saturated heterocycles. The summed E-state index contributed by atoms with van der Waals surface area (Å²) in [6.45, 7) is 3.42. The minimum absolute atomic E-state index is 0.479. The minimum atomic E-state index is 0.479. The van der Waals surface area contributed by atoms with Gasteiger partial charge in [-0.05, 0) is 18.3 Å². The van der Waals surface area contributed by atoms with Crippen LogP contribution in [0, 0.1) is 5.41 Å². The van der Waals surface area contributed by atoms with Gasteiger partial charge in [-0.15, -0.1) is 0 Å². The summed E-state index contributed by atoms with van der Waals surface area (Å²) in [6.07, 6.45) is 9.18. The highest BCUT2D eigenvalue weighted by atomic mass is 15.1. The normalized spacial score (nSPS) is 20.7. The fraction of sp³-hybridized carbons (Fsp3) is 0.700. The number of rotatable bonds is 2. The molecule has 2 N–H and O–H groups in total. The smallest absolute Gasteiger partial charge is 0.141 e. The fourth-order valence-electron chi connectivity index (χ4n) is 2.29. The van der Waals surface area contributed by atoms with E-state index in [1.165, 1.54) is 25.7 Å². The summed E-state index contributed by atoms with van der Waals surface area (Å²) in [6, 6.07) is 0. The standard InChI is InChI=1S/C10H17N3/c1-10(4-2-3-5-10)7-13-6-9(11)12-8-13/h6,8H,2-5,7,11H2,1H3. The van der Waals surface area contributed by atoms with Gasteiger partial charge in [0.15, 0.2) is 0 Å². The summed E-state index contributed by atoms with van der Waals surface area (Å²) in [5, 5.41) is 0. The van der Waals surface area contributed by atoms with E-state index < -0.39 is 0 Å². The van der Waals surface area contributed by atoms with Crippen LogP contribution in [0.3, 0.4) is 0 Å². The maximum Gasteiger partial charge on any atom is 0.141 e. The molecule has 1 heterocycles. The van der Waals surface area contributed by atoms with Gasteiger partial charge in [-0.25, -0.2) is 4.98 Å². The lowest BCUT2D eigenvalue weighted by molar-refractivity contribution is 0.281. The first-order chi connectivity index (χ1) is 6.18. The van der Waals surface area contributed by atoms with E-state index in [-0.39, 0.29) is 0 Å². The average Bonchev–Trinajstić information content (AvgIpc) is 2.62. The molecule has 13 heavy (non-hydrogen) atoms. The molecule has 3 heteroatoms. The van der Waals surface area contributed by atoms with Gasteiger partial charge >= 0.3 is 0 Å². The van der Waals surface area contributed by atoms with Crippen LogP contribution in [0.25, 0.3) is 0 Å². The van der Waals surface area contributed by atoms with Gasteiger partial charge in [0.1, 0.15) is 5.82 Å². The molecule has 0 unspecified atom stereocenters. The molecule has 0 atom stereocenters. The first kappa shape index (κ1) is 8.60. The lowest BCUT2D eigenvalue weighted by Gasteiger charge is -2.23. The van der Waals surface area contributed by atoms with E-state index in [0.29, 0.717) is 11.2 Å². The Kier molecular flexibility index (Phi) is 2.02. The van der Waals surface area contributed by atoms with Crippen LogP contribution in [0.2, 0.25) is 0 Å². The number of hydrogen-bond acceptors (Lipinski definition) is 2. The predicted molar refractivity (Wildman–Crippen MR) is 53.2 cm³/mol. The number of anilines is 1. The second kappa shape index (κ2) is 3.05. The van der Waals surface area contributed by atoms with Crippen LogP contribution in [0.1, 0.15) is 32.6 Å². The molecule has 1 saturated carbocycles. The van der Waals surface area contributed by atoms with E-state index in [0.717, 1.165) is 6.54 Å². The predicted octanol–water partition coefficient (Wildman–Crippen LogP) is 2.05. The van der Waals surface area contributed by atoms with Gasteiger partial charge in [0.05, 0.1) is 6.33 Å². The molecule has 1 aromatic heterocycles. The summed E-state index contributed by atoms with van der Waals surface area (Å²) < 4.78 is 2.11. The molecule has 2 rings (SSSR count). The van der Waals surface area contributed by atoms with Crippen molar-refractivity contribution in [2.75, 3.05) is 5.73 Å². The van der Waals surface area contributed by atoms with E-state index >= 15 is 0 Å². The number of nitrogen functional groups attached to an aromatic ring is 1. The van der Waals surface area contributed by atoms with Crippen LogP contribution < -0.4 is 5.73 Å². The molecular formula is C10H17N3. The third-order valence-corrected chi connectivity index (χ3v) is 3.03. The average molecular weight is 179 g/mol. The molecule has 0 amide bonds. The maximum absolute atomic E-state index is 5.56. The summed E-state index contributed by atoms with van der Waals surface area (Å²) in [5.41, 5.74) is 6.04. The highest BCUT2D eigenvalue weighted by Crippen LogP contribution is 2.38. The minimum Gasteiger partial charge on any atom is -0.382 e. The van der Waals surface area contributed by atoms with Gasteiger partial charge < -0.3 is 10.3 Å². The van der Waals surface area contributed by atoms with Gasteiger partial charge in [-0.3, -0.25) is 0 Å². The lowest BCUT2D eigenvalue weighted by atomic mass is 9.89. The number of nitrogens with two attached hydrogens (primary N) is 1. The Morgan fingerprint density at radius 3 is 2.77 bits per heavy atom. The monoisotopic (exact) mass is 179 g/mol. The van der Waals surface area contributed by atoms with Crippen molar-refractivity contribution in [2.45, 2.75) is 39.2 Å². The van der Waals surface area contributed by atoms with Gasteiger partial charge in [0.25, 0.3) is 0 Å². The lowest BCUT2D eigenvalue weighted by Crippen LogP contribution is -2.18. The molecular weight excluding hydrogens is 162 g/mol. The second-order valence-corrected chi connectivity index (χ2v) is 4.49. The first-order valence-electron chi connectivity index (χ1n) is 4.95. The molecule has 1 aliphatic rings. The maximum atomic E-state index is 5.56. The molecule has 1 aromatic rings. The summed E-state index contributed by atoms with van der Waals surface area (Å²) in [4.78, 5) is 4.03. The van der Waals surface area contributed by atoms with Gasteiger partial charge in [-0.2, -0.15) is 0 Å². The summed E-state index contributed by atoms with van der Waals surface area (Å²) in [7, 11) is 0. The SMILES string of the molecule is CC1(Cn2cnc(N)c2)CCCC1. The van der Waals surface area contributed by atoms with E-state index in [1.807, 2.05) is 12.5 Å². The molecule has 0 aromatic carbocycles. The Morgan fingerprint density at radius 2 is 2.23 bits per heavy atom. The number of nitrogens with zero attached hydrogens (tertiary/aromatic N) is 2. The van der Waals surface area contributed by atoms with Crippen molar-refractivity contribution in [3.8, 4) is 0 Å². The Bertz CT molecular complexity index is 284. The van der Waals surface area contributed by atoms with Crippen molar-refractivity contribution in [2.24, 2.45) is 5.41 Å². The molecule has 0 spiro atoms. The molecule has 72 valence electrons. The Morgan fingerprint density at radius 1 is 1.54 bits per heavy atom.